The van der Waals surface area contributed by atoms with Crippen molar-refractivity contribution in [3.63, 3.8) is 0 Å². The van der Waals surface area contributed by atoms with Crippen LogP contribution >= 0.6 is 0 Å². The summed E-state index contributed by atoms with van der Waals surface area (Å²) in [4.78, 5) is 22.3. The van der Waals surface area contributed by atoms with Gasteiger partial charge in [0, 0.05) is 13.0 Å². The molecular weight excluding hydrogens is 268 g/mol. The summed E-state index contributed by atoms with van der Waals surface area (Å²) in [5, 5.41) is 13.7. The van der Waals surface area contributed by atoms with Crippen molar-refractivity contribution in [2.75, 3.05) is 0 Å². The van der Waals surface area contributed by atoms with Crippen molar-refractivity contribution in [3.8, 4) is 0 Å². The topological polar surface area (TPSA) is 92.4 Å². The van der Waals surface area contributed by atoms with Crippen molar-refractivity contribution in [1.82, 2.24) is 5.32 Å². The Bertz CT molecular complexity index is 650. The van der Waals surface area contributed by atoms with Crippen LogP contribution in [0.25, 0.3) is 10.8 Å². The Morgan fingerprint density at radius 1 is 1.14 bits per heavy atom. The summed E-state index contributed by atoms with van der Waals surface area (Å²) in [6, 6.07) is 12.9. The highest BCUT2D eigenvalue weighted by Crippen LogP contribution is 2.18. The Morgan fingerprint density at radius 2 is 1.86 bits per heavy atom. The Morgan fingerprint density at radius 3 is 2.62 bits per heavy atom. The number of aliphatic carboxylic acids is 1. The lowest BCUT2D eigenvalue weighted by molar-refractivity contribution is -0.138. The van der Waals surface area contributed by atoms with Gasteiger partial charge in [-0.05, 0) is 22.8 Å². The number of hydrogen-bond acceptors (Lipinski definition) is 3. The second kappa shape index (κ2) is 6.85. The van der Waals surface area contributed by atoms with Gasteiger partial charge in [-0.3, -0.25) is 9.59 Å². The number of rotatable bonds is 6. The van der Waals surface area contributed by atoms with Gasteiger partial charge in [-0.2, -0.15) is 0 Å². The van der Waals surface area contributed by atoms with Gasteiger partial charge in [0.2, 0.25) is 5.91 Å². The standard InChI is InChI=1S/C16H18N2O3/c17-14(16(20)21)8-9-15(19)18-10-12-6-3-5-11-4-1-2-7-13(11)12/h1-7,14H,8-10,17H2,(H,18,19)(H,20,21). The first-order chi connectivity index (χ1) is 10.1. The number of carboxylic acids is 1. The van der Waals surface area contributed by atoms with E-state index < -0.39 is 12.0 Å². The van der Waals surface area contributed by atoms with Crippen LogP contribution < -0.4 is 11.1 Å². The number of nitrogens with one attached hydrogen (secondary N) is 1. The van der Waals surface area contributed by atoms with Gasteiger partial charge < -0.3 is 16.2 Å². The molecule has 0 bridgehead atoms. The normalized spacial score (nSPS) is 12.0. The van der Waals surface area contributed by atoms with Crippen molar-refractivity contribution in [2.24, 2.45) is 5.73 Å². The molecule has 1 unspecified atom stereocenters. The van der Waals surface area contributed by atoms with E-state index in [4.69, 9.17) is 10.8 Å². The van der Waals surface area contributed by atoms with E-state index in [-0.39, 0.29) is 18.7 Å². The average molecular weight is 286 g/mol. The molecule has 0 radical (unpaired) electrons. The summed E-state index contributed by atoms with van der Waals surface area (Å²) in [6.45, 7) is 0.419. The summed E-state index contributed by atoms with van der Waals surface area (Å²) in [5.74, 6) is -1.28. The fraction of sp³-hybridized carbons (Fsp3) is 0.250. The van der Waals surface area contributed by atoms with Gasteiger partial charge in [-0.1, -0.05) is 42.5 Å². The van der Waals surface area contributed by atoms with Crippen LogP contribution in [-0.2, 0) is 16.1 Å². The Kier molecular flexibility index (Phi) is 4.90. The van der Waals surface area contributed by atoms with Gasteiger partial charge in [-0.25, -0.2) is 0 Å². The molecular formula is C16H18N2O3. The molecule has 0 aromatic heterocycles. The smallest absolute Gasteiger partial charge is 0.320 e. The third kappa shape index (κ3) is 4.03. The summed E-state index contributed by atoms with van der Waals surface area (Å²) in [5.41, 5.74) is 6.40. The molecule has 0 aliphatic rings. The summed E-state index contributed by atoms with van der Waals surface area (Å²) in [6.07, 6.45) is 0.245. The van der Waals surface area contributed by atoms with Crippen LogP contribution in [0.4, 0.5) is 0 Å². The fourth-order valence-electron chi connectivity index (χ4n) is 2.14. The van der Waals surface area contributed by atoms with E-state index in [1.165, 1.54) is 0 Å². The lowest BCUT2D eigenvalue weighted by atomic mass is 10.0. The Hall–Kier alpha value is -2.40. The molecule has 0 heterocycles. The van der Waals surface area contributed by atoms with Crippen LogP contribution in [0, 0.1) is 0 Å². The van der Waals surface area contributed by atoms with Gasteiger partial charge in [-0.15, -0.1) is 0 Å². The lowest BCUT2D eigenvalue weighted by Gasteiger charge is -2.09. The van der Waals surface area contributed by atoms with Gasteiger partial charge in [0.1, 0.15) is 6.04 Å². The zero-order valence-corrected chi connectivity index (χ0v) is 11.6. The minimum absolute atomic E-state index is 0.109. The molecule has 1 atom stereocenters. The number of fused-ring (bicyclic) bond motifs is 1. The molecule has 0 fully saturated rings. The van der Waals surface area contributed by atoms with Gasteiger partial charge in [0.15, 0.2) is 0 Å². The molecule has 5 nitrogen and oxygen atoms in total. The van der Waals surface area contributed by atoms with Crippen LogP contribution in [0.15, 0.2) is 42.5 Å². The number of carbonyl (C=O) groups excluding carboxylic acids is 1. The van der Waals surface area contributed by atoms with Crippen LogP contribution in [-0.4, -0.2) is 23.0 Å². The van der Waals surface area contributed by atoms with Crippen molar-refractivity contribution >= 4 is 22.6 Å². The highest BCUT2D eigenvalue weighted by atomic mass is 16.4. The number of carbonyl (C=O) groups is 2. The van der Waals surface area contributed by atoms with Crippen LogP contribution in [0.3, 0.4) is 0 Å². The predicted molar refractivity (Wildman–Crippen MR) is 80.6 cm³/mol. The molecule has 0 saturated carbocycles. The first-order valence-corrected chi connectivity index (χ1v) is 6.79. The van der Waals surface area contributed by atoms with E-state index in [1.807, 2.05) is 42.5 Å². The van der Waals surface area contributed by atoms with E-state index in [2.05, 4.69) is 5.32 Å². The third-order valence-electron chi connectivity index (χ3n) is 3.36. The molecule has 2 rings (SSSR count). The summed E-state index contributed by atoms with van der Waals surface area (Å²) in [7, 11) is 0. The maximum atomic E-state index is 11.7. The van der Waals surface area contributed by atoms with Crippen molar-refractivity contribution in [3.05, 3.63) is 48.0 Å². The minimum Gasteiger partial charge on any atom is -0.480 e. The third-order valence-corrected chi connectivity index (χ3v) is 3.36. The molecule has 2 aromatic carbocycles. The minimum atomic E-state index is -1.09. The summed E-state index contributed by atoms with van der Waals surface area (Å²) >= 11 is 0. The zero-order chi connectivity index (χ0) is 15.2. The van der Waals surface area contributed by atoms with Gasteiger partial charge in [0.05, 0.1) is 0 Å². The lowest BCUT2D eigenvalue weighted by Crippen LogP contribution is -2.32. The van der Waals surface area contributed by atoms with Crippen molar-refractivity contribution < 1.29 is 14.7 Å². The SMILES string of the molecule is NC(CCC(=O)NCc1cccc2ccccc12)C(=O)O. The van der Waals surface area contributed by atoms with E-state index in [9.17, 15) is 9.59 Å². The molecule has 0 saturated heterocycles. The largest absolute Gasteiger partial charge is 0.480 e. The van der Waals surface area contributed by atoms with Crippen LogP contribution in [0.1, 0.15) is 18.4 Å². The van der Waals surface area contributed by atoms with E-state index in [1.54, 1.807) is 0 Å². The number of benzene rings is 2. The molecule has 2 aromatic rings. The molecule has 0 spiro atoms. The molecule has 21 heavy (non-hydrogen) atoms. The van der Waals surface area contributed by atoms with E-state index >= 15 is 0 Å². The van der Waals surface area contributed by atoms with E-state index in [0.29, 0.717) is 6.54 Å². The second-order valence-electron chi connectivity index (χ2n) is 4.90. The zero-order valence-electron chi connectivity index (χ0n) is 11.6. The van der Waals surface area contributed by atoms with Crippen LogP contribution in [0.5, 0.6) is 0 Å². The highest BCUT2D eigenvalue weighted by molar-refractivity contribution is 5.86. The van der Waals surface area contributed by atoms with Gasteiger partial charge >= 0.3 is 5.97 Å². The van der Waals surface area contributed by atoms with Crippen molar-refractivity contribution in [1.29, 1.82) is 0 Å². The second-order valence-corrected chi connectivity index (χ2v) is 4.90. The quantitative estimate of drug-likeness (QED) is 0.752. The molecule has 5 heteroatoms. The number of carboxylic acid groups (broad SMARTS) is 1. The summed E-state index contributed by atoms with van der Waals surface area (Å²) < 4.78 is 0. The number of amides is 1. The van der Waals surface area contributed by atoms with E-state index in [0.717, 1.165) is 16.3 Å². The molecule has 0 aliphatic heterocycles. The fourth-order valence-corrected chi connectivity index (χ4v) is 2.14. The Balaban J connectivity index is 1.93. The Labute approximate surface area is 122 Å². The predicted octanol–water partition coefficient (Wildman–Crippen LogP) is 1.65. The monoisotopic (exact) mass is 286 g/mol. The first kappa shape index (κ1) is 15.0. The van der Waals surface area contributed by atoms with Gasteiger partial charge in [0.25, 0.3) is 0 Å². The maximum Gasteiger partial charge on any atom is 0.320 e. The first-order valence-electron chi connectivity index (χ1n) is 6.79. The molecule has 4 N–H and O–H groups in total. The number of nitrogens with two attached hydrogens (primary N) is 1. The highest BCUT2D eigenvalue weighted by Gasteiger charge is 2.13. The van der Waals surface area contributed by atoms with Crippen molar-refractivity contribution in [2.45, 2.75) is 25.4 Å². The maximum absolute atomic E-state index is 11.7. The molecule has 0 aliphatic carbocycles. The molecule has 110 valence electrons. The number of hydrogen-bond donors (Lipinski definition) is 3. The molecule has 1 amide bonds. The van der Waals surface area contributed by atoms with Crippen LogP contribution in [0.2, 0.25) is 0 Å². The average Bonchev–Trinajstić information content (AvgIpc) is 2.50.